The zero-order chi connectivity index (χ0) is 21.3. The van der Waals surface area contributed by atoms with Crippen LogP contribution in [0.1, 0.15) is 43.0 Å². The molecule has 158 valence electrons. The van der Waals surface area contributed by atoms with Gasteiger partial charge in [0.15, 0.2) is 18.1 Å². The molecule has 7 heteroatoms. The molecule has 0 aliphatic carbocycles. The molecule has 1 saturated heterocycles. The molecule has 0 radical (unpaired) electrons. The first kappa shape index (κ1) is 20.2. The van der Waals surface area contributed by atoms with Crippen LogP contribution in [0.4, 0.5) is 5.82 Å². The lowest BCUT2D eigenvalue weighted by Gasteiger charge is -2.18. The van der Waals surface area contributed by atoms with Gasteiger partial charge in [-0.1, -0.05) is 18.2 Å². The van der Waals surface area contributed by atoms with Crippen molar-refractivity contribution in [3.8, 4) is 5.75 Å². The summed E-state index contributed by atoms with van der Waals surface area (Å²) in [7, 11) is 0. The third-order valence-electron chi connectivity index (χ3n) is 5.58. The number of ether oxygens (including phenoxy) is 1. The zero-order valence-electron chi connectivity index (χ0n) is 18.0. The topological polar surface area (TPSA) is 83.1 Å². The Morgan fingerprint density at radius 3 is 2.77 bits per heavy atom. The third kappa shape index (κ3) is 4.10. The Bertz CT molecular complexity index is 1040. The highest BCUT2D eigenvalue weighted by atomic mass is 16.5. The molecule has 3 aromatic rings. The van der Waals surface area contributed by atoms with Crippen molar-refractivity contribution in [1.29, 1.82) is 0 Å². The fourth-order valence-corrected chi connectivity index (χ4v) is 4.01. The van der Waals surface area contributed by atoms with Crippen molar-refractivity contribution in [1.82, 2.24) is 20.1 Å². The van der Waals surface area contributed by atoms with Crippen molar-refractivity contribution < 1.29 is 9.53 Å². The van der Waals surface area contributed by atoms with Crippen LogP contribution >= 0.6 is 0 Å². The Morgan fingerprint density at radius 1 is 1.27 bits per heavy atom. The SMILES string of the molecule is Cc1cccc(C)c1OCC(=O)N1CCC(c2ccc3c(NC(C)C)n[nH]c3n2)C1. The fraction of sp³-hybridized carbons (Fsp3) is 0.435. The Hall–Kier alpha value is -3.09. The molecule has 7 nitrogen and oxygen atoms in total. The zero-order valence-corrected chi connectivity index (χ0v) is 18.0. The van der Waals surface area contributed by atoms with Gasteiger partial charge in [-0.15, -0.1) is 0 Å². The number of rotatable bonds is 6. The number of aromatic nitrogens is 3. The lowest BCUT2D eigenvalue weighted by molar-refractivity contribution is -0.132. The maximum Gasteiger partial charge on any atom is 0.260 e. The van der Waals surface area contributed by atoms with Crippen LogP contribution in [0, 0.1) is 13.8 Å². The molecule has 1 aromatic carbocycles. The molecule has 1 aliphatic rings. The smallest absolute Gasteiger partial charge is 0.260 e. The molecule has 0 bridgehead atoms. The fourth-order valence-electron chi connectivity index (χ4n) is 4.01. The van der Waals surface area contributed by atoms with Crippen molar-refractivity contribution >= 4 is 22.8 Å². The van der Waals surface area contributed by atoms with Crippen LogP contribution in [0.15, 0.2) is 30.3 Å². The summed E-state index contributed by atoms with van der Waals surface area (Å²) in [6.45, 7) is 9.61. The standard InChI is InChI=1S/C23H29N5O2/c1-14(2)24-22-18-8-9-19(25-23(18)27-26-22)17-10-11-28(12-17)20(29)13-30-21-15(3)6-5-7-16(21)4/h5-9,14,17H,10-13H2,1-4H3,(H2,24,25,26,27). The molecule has 30 heavy (non-hydrogen) atoms. The number of anilines is 1. The van der Waals surface area contributed by atoms with E-state index in [0.29, 0.717) is 12.6 Å². The largest absolute Gasteiger partial charge is 0.483 e. The average molecular weight is 408 g/mol. The van der Waals surface area contributed by atoms with Crippen LogP contribution in [0.5, 0.6) is 5.75 Å². The number of H-pyrrole nitrogens is 1. The quantitative estimate of drug-likeness (QED) is 0.650. The van der Waals surface area contributed by atoms with Gasteiger partial charge in [0.2, 0.25) is 0 Å². The Labute approximate surface area is 176 Å². The number of nitrogens with zero attached hydrogens (tertiary/aromatic N) is 3. The number of aryl methyl sites for hydroxylation is 2. The van der Waals surface area contributed by atoms with Crippen molar-refractivity contribution in [3.05, 3.63) is 47.2 Å². The number of pyridine rings is 1. The highest BCUT2D eigenvalue weighted by molar-refractivity contribution is 5.87. The number of benzene rings is 1. The molecule has 2 aromatic heterocycles. The van der Waals surface area contributed by atoms with E-state index in [1.165, 1.54) is 0 Å². The van der Waals surface area contributed by atoms with Gasteiger partial charge in [0.05, 0.1) is 5.39 Å². The maximum atomic E-state index is 12.7. The summed E-state index contributed by atoms with van der Waals surface area (Å²) >= 11 is 0. The lowest BCUT2D eigenvalue weighted by atomic mass is 10.0. The molecule has 1 unspecified atom stereocenters. The lowest BCUT2D eigenvalue weighted by Crippen LogP contribution is -2.33. The highest BCUT2D eigenvalue weighted by Gasteiger charge is 2.29. The van der Waals surface area contributed by atoms with Gasteiger partial charge in [-0.25, -0.2) is 4.98 Å². The van der Waals surface area contributed by atoms with Crippen molar-refractivity contribution in [2.75, 3.05) is 25.0 Å². The predicted octanol–water partition coefficient (Wildman–Crippen LogP) is 3.79. The molecule has 0 saturated carbocycles. The normalized spacial score (nSPS) is 16.4. The van der Waals surface area contributed by atoms with Crippen molar-refractivity contribution in [3.63, 3.8) is 0 Å². The Kier molecular flexibility index (Phi) is 5.61. The molecule has 0 spiro atoms. The first-order valence-electron chi connectivity index (χ1n) is 10.5. The van der Waals surface area contributed by atoms with Gasteiger partial charge in [-0.3, -0.25) is 9.89 Å². The summed E-state index contributed by atoms with van der Waals surface area (Å²) in [4.78, 5) is 19.3. The number of aromatic amines is 1. The highest BCUT2D eigenvalue weighted by Crippen LogP contribution is 2.29. The van der Waals surface area contributed by atoms with Crippen LogP contribution < -0.4 is 10.1 Å². The summed E-state index contributed by atoms with van der Waals surface area (Å²) in [6, 6.07) is 10.4. The van der Waals surface area contributed by atoms with E-state index in [0.717, 1.165) is 52.4 Å². The van der Waals surface area contributed by atoms with Gasteiger partial charge < -0.3 is 15.0 Å². The van der Waals surface area contributed by atoms with E-state index in [2.05, 4.69) is 41.5 Å². The van der Waals surface area contributed by atoms with Gasteiger partial charge in [0, 0.05) is 30.7 Å². The molecular weight excluding hydrogens is 378 g/mol. The molecule has 4 rings (SSSR count). The van der Waals surface area contributed by atoms with Crippen molar-refractivity contribution in [2.24, 2.45) is 0 Å². The Morgan fingerprint density at radius 2 is 2.03 bits per heavy atom. The summed E-state index contributed by atoms with van der Waals surface area (Å²) in [5.41, 5.74) is 3.86. The number of hydrogen-bond acceptors (Lipinski definition) is 5. The van der Waals surface area contributed by atoms with E-state index in [1.807, 2.05) is 36.9 Å². The van der Waals surface area contributed by atoms with Crippen LogP contribution in [-0.2, 0) is 4.79 Å². The first-order chi connectivity index (χ1) is 14.4. The number of amides is 1. The molecule has 1 fully saturated rings. The number of nitrogens with one attached hydrogen (secondary N) is 2. The van der Waals surface area contributed by atoms with Crippen LogP contribution in [0.2, 0.25) is 0 Å². The summed E-state index contributed by atoms with van der Waals surface area (Å²) in [6.07, 6.45) is 0.902. The number of carbonyl (C=O) groups is 1. The second-order valence-electron chi connectivity index (χ2n) is 8.34. The third-order valence-corrected chi connectivity index (χ3v) is 5.58. The van der Waals surface area contributed by atoms with Crippen LogP contribution in [0.25, 0.3) is 11.0 Å². The minimum atomic E-state index is 0.0196. The van der Waals surface area contributed by atoms with Crippen molar-refractivity contribution in [2.45, 2.75) is 46.1 Å². The van der Waals surface area contributed by atoms with Crippen LogP contribution in [0.3, 0.4) is 0 Å². The summed E-state index contributed by atoms with van der Waals surface area (Å²) in [5, 5.41) is 11.7. The van der Waals surface area contributed by atoms with E-state index in [1.54, 1.807) is 0 Å². The number of fused-ring (bicyclic) bond motifs is 1. The van der Waals surface area contributed by atoms with Gasteiger partial charge in [0.25, 0.3) is 5.91 Å². The molecule has 1 atom stereocenters. The van der Waals surface area contributed by atoms with E-state index in [4.69, 9.17) is 9.72 Å². The van der Waals surface area contributed by atoms with Gasteiger partial charge in [0.1, 0.15) is 5.75 Å². The summed E-state index contributed by atoms with van der Waals surface area (Å²) < 4.78 is 5.85. The second kappa shape index (κ2) is 8.34. The molecule has 2 N–H and O–H groups in total. The maximum absolute atomic E-state index is 12.7. The minimum Gasteiger partial charge on any atom is -0.483 e. The van der Waals surface area contributed by atoms with E-state index in [9.17, 15) is 4.79 Å². The minimum absolute atomic E-state index is 0.0196. The van der Waals surface area contributed by atoms with Gasteiger partial charge in [-0.2, -0.15) is 5.10 Å². The van der Waals surface area contributed by atoms with Crippen LogP contribution in [-0.4, -0.2) is 51.7 Å². The summed E-state index contributed by atoms with van der Waals surface area (Å²) in [5.74, 6) is 1.87. The molecular formula is C23H29N5O2. The van der Waals surface area contributed by atoms with E-state index < -0.39 is 0 Å². The monoisotopic (exact) mass is 407 g/mol. The molecule has 3 heterocycles. The second-order valence-corrected chi connectivity index (χ2v) is 8.34. The van der Waals surface area contributed by atoms with Gasteiger partial charge in [-0.05, 0) is 57.4 Å². The molecule has 1 aliphatic heterocycles. The van der Waals surface area contributed by atoms with E-state index >= 15 is 0 Å². The first-order valence-corrected chi connectivity index (χ1v) is 10.5. The Balaban J connectivity index is 1.39. The predicted molar refractivity (Wildman–Crippen MR) is 118 cm³/mol. The number of carbonyl (C=O) groups excluding carboxylic acids is 1. The van der Waals surface area contributed by atoms with E-state index in [-0.39, 0.29) is 18.4 Å². The van der Waals surface area contributed by atoms with Gasteiger partial charge >= 0.3 is 0 Å². The average Bonchev–Trinajstić information content (AvgIpc) is 3.34. The molecule has 1 amide bonds. The number of hydrogen-bond donors (Lipinski definition) is 2. The number of para-hydroxylation sites is 1. The number of likely N-dealkylation sites (tertiary alicyclic amines) is 1.